The molecule has 6 heteroatoms. The van der Waals surface area contributed by atoms with Gasteiger partial charge < -0.3 is 10.6 Å². The molecule has 0 spiro atoms. The van der Waals surface area contributed by atoms with Gasteiger partial charge in [0.25, 0.3) is 0 Å². The van der Waals surface area contributed by atoms with E-state index in [-0.39, 0.29) is 0 Å². The van der Waals surface area contributed by atoms with Crippen LogP contribution in [0, 0.1) is 13.8 Å². The van der Waals surface area contributed by atoms with Crippen LogP contribution in [0.15, 0.2) is 35.3 Å². The highest BCUT2D eigenvalue weighted by molar-refractivity contribution is 5.79. The summed E-state index contributed by atoms with van der Waals surface area (Å²) in [6, 6.07) is 11.1. The molecular weight excluding hydrogens is 360 g/mol. The summed E-state index contributed by atoms with van der Waals surface area (Å²) < 4.78 is 1.93. The molecule has 0 radical (unpaired) electrons. The maximum Gasteiger partial charge on any atom is 0.191 e. The van der Waals surface area contributed by atoms with Crippen molar-refractivity contribution in [2.75, 3.05) is 26.2 Å². The molecule has 0 fully saturated rings. The van der Waals surface area contributed by atoms with Gasteiger partial charge in [-0.2, -0.15) is 5.10 Å². The van der Waals surface area contributed by atoms with Gasteiger partial charge in [-0.1, -0.05) is 44.2 Å². The quantitative estimate of drug-likeness (QED) is 0.477. The third-order valence-corrected chi connectivity index (χ3v) is 5.55. The maximum absolute atomic E-state index is 4.83. The Balaban J connectivity index is 2.09. The molecule has 160 valence electrons. The zero-order chi connectivity index (χ0) is 21.2. The number of benzene rings is 1. The van der Waals surface area contributed by atoms with E-state index in [0.717, 1.165) is 44.3 Å². The Morgan fingerprint density at radius 2 is 1.79 bits per heavy atom. The molecule has 2 N–H and O–H groups in total. The van der Waals surface area contributed by atoms with Gasteiger partial charge >= 0.3 is 0 Å². The minimum atomic E-state index is 0.415. The van der Waals surface area contributed by atoms with Crippen LogP contribution >= 0.6 is 0 Å². The van der Waals surface area contributed by atoms with E-state index in [1.54, 1.807) is 0 Å². The number of aromatic nitrogens is 2. The van der Waals surface area contributed by atoms with Crippen molar-refractivity contribution < 1.29 is 0 Å². The number of hydrogen-bond donors (Lipinski definition) is 2. The number of nitrogens with one attached hydrogen (secondary N) is 2. The predicted molar refractivity (Wildman–Crippen MR) is 122 cm³/mol. The molecule has 0 saturated carbocycles. The standard InChI is InChI=1S/C23H38N6/c1-7-24-23(26-17-22-18(4)27-28(6)19(22)5)25-16-21(29(8-2)9-3)15-20-13-11-10-12-14-20/h10-14,21H,7-9,15-17H2,1-6H3,(H2,24,25,26). The van der Waals surface area contributed by atoms with Gasteiger partial charge in [-0.15, -0.1) is 0 Å². The summed E-state index contributed by atoms with van der Waals surface area (Å²) in [4.78, 5) is 7.34. The Kier molecular flexibility index (Phi) is 9.19. The fraction of sp³-hybridized carbons (Fsp3) is 0.565. The fourth-order valence-corrected chi connectivity index (χ4v) is 3.72. The molecule has 6 nitrogen and oxygen atoms in total. The molecule has 2 aromatic rings. The molecule has 1 aromatic heterocycles. The van der Waals surface area contributed by atoms with Crippen molar-refractivity contribution in [3.05, 3.63) is 52.8 Å². The van der Waals surface area contributed by atoms with E-state index in [0.29, 0.717) is 12.6 Å². The molecule has 1 aromatic carbocycles. The van der Waals surface area contributed by atoms with E-state index >= 15 is 0 Å². The Bertz CT molecular complexity index is 761. The van der Waals surface area contributed by atoms with E-state index in [4.69, 9.17) is 4.99 Å². The lowest BCUT2D eigenvalue weighted by Crippen LogP contribution is -2.48. The Morgan fingerprint density at radius 1 is 1.10 bits per heavy atom. The first kappa shape index (κ1) is 22.9. The third-order valence-electron chi connectivity index (χ3n) is 5.55. The number of hydrogen-bond acceptors (Lipinski definition) is 3. The summed E-state index contributed by atoms with van der Waals surface area (Å²) in [5.41, 5.74) is 4.80. The summed E-state index contributed by atoms with van der Waals surface area (Å²) in [7, 11) is 1.98. The Morgan fingerprint density at radius 3 is 2.34 bits per heavy atom. The number of aryl methyl sites for hydroxylation is 2. The van der Waals surface area contributed by atoms with Crippen molar-refractivity contribution in [1.29, 1.82) is 0 Å². The van der Waals surface area contributed by atoms with Crippen molar-refractivity contribution in [3.63, 3.8) is 0 Å². The molecular formula is C23H38N6. The van der Waals surface area contributed by atoms with Crippen LogP contribution in [0.4, 0.5) is 0 Å². The van der Waals surface area contributed by atoms with Crippen LogP contribution in [0.1, 0.15) is 43.3 Å². The second-order valence-electron chi connectivity index (χ2n) is 7.41. The number of likely N-dealkylation sites (N-methyl/N-ethyl adjacent to an activating group) is 1. The average Bonchev–Trinajstić information content (AvgIpc) is 2.96. The van der Waals surface area contributed by atoms with Crippen molar-refractivity contribution in [3.8, 4) is 0 Å². The van der Waals surface area contributed by atoms with Crippen LogP contribution < -0.4 is 10.6 Å². The molecule has 1 atom stereocenters. The highest BCUT2D eigenvalue weighted by Gasteiger charge is 2.17. The summed E-state index contributed by atoms with van der Waals surface area (Å²) >= 11 is 0. The van der Waals surface area contributed by atoms with Crippen LogP contribution in [-0.4, -0.2) is 52.9 Å². The number of rotatable bonds is 10. The van der Waals surface area contributed by atoms with E-state index in [2.05, 4.69) is 85.6 Å². The minimum absolute atomic E-state index is 0.415. The topological polar surface area (TPSA) is 57.5 Å². The van der Waals surface area contributed by atoms with Crippen LogP contribution in [0.3, 0.4) is 0 Å². The first-order chi connectivity index (χ1) is 14.0. The van der Waals surface area contributed by atoms with Gasteiger partial charge in [-0.05, 0) is 45.8 Å². The minimum Gasteiger partial charge on any atom is -0.357 e. The predicted octanol–water partition coefficient (Wildman–Crippen LogP) is 3.05. The molecule has 2 rings (SSSR count). The lowest BCUT2D eigenvalue weighted by molar-refractivity contribution is 0.215. The van der Waals surface area contributed by atoms with E-state index in [1.807, 2.05) is 11.7 Å². The third kappa shape index (κ3) is 6.60. The number of aliphatic imine (C=N–C) groups is 1. The smallest absolute Gasteiger partial charge is 0.191 e. The van der Waals surface area contributed by atoms with Crippen molar-refractivity contribution in [1.82, 2.24) is 25.3 Å². The molecule has 0 aliphatic heterocycles. The summed E-state index contributed by atoms with van der Waals surface area (Å²) in [5.74, 6) is 0.861. The lowest BCUT2D eigenvalue weighted by atomic mass is 10.0. The molecule has 0 amide bonds. The second-order valence-corrected chi connectivity index (χ2v) is 7.41. The molecule has 1 heterocycles. The van der Waals surface area contributed by atoms with Crippen molar-refractivity contribution in [2.45, 2.75) is 53.6 Å². The van der Waals surface area contributed by atoms with E-state index < -0.39 is 0 Å². The average molecular weight is 399 g/mol. The molecule has 0 saturated heterocycles. The zero-order valence-electron chi connectivity index (χ0n) is 19.0. The van der Waals surface area contributed by atoms with Gasteiger partial charge in [0.1, 0.15) is 0 Å². The number of nitrogens with zero attached hydrogens (tertiary/aromatic N) is 4. The van der Waals surface area contributed by atoms with Gasteiger partial charge in [-0.25, -0.2) is 4.99 Å². The van der Waals surface area contributed by atoms with Gasteiger partial charge in [0.15, 0.2) is 5.96 Å². The highest BCUT2D eigenvalue weighted by Crippen LogP contribution is 2.13. The summed E-state index contributed by atoms with van der Waals surface area (Å²) in [5, 5.41) is 11.5. The van der Waals surface area contributed by atoms with Gasteiger partial charge in [0, 0.05) is 37.4 Å². The van der Waals surface area contributed by atoms with E-state index in [1.165, 1.54) is 16.8 Å². The lowest BCUT2D eigenvalue weighted by Gasteiger charge is -2.30. The summed E-state index contributed by atoms with van der Waals surface area (Å²) in [6.07, 6.45) is 1.02. The number of guanidine groups is 1. The molecule has 0 aliphatic rings. The zero-order valence-corrected chi connectivity index (χ0v) is 19.0. The summed E-state index contributed by atoms with van der Waals surface area (Å²) in [6.45, 7) is 15.1. The highest BCUT2D eigenvalue weighted by atomic mass is 15.3. The molecule has 0 aliphatic carbocycles. The van der Waals surface area contributed by atoms with Gasteiger partial charge in [-0.3, -0.25) is 9.58 Å². The first-order valence-electron chi connectivity index (χ1n) is 10.8. The van der Waals surface area contributed by atoms with Gasteiger partial charge in [0.2, 0.25) is 0 Å². The van der Waals surface area contributed by atoms with Crippen LogP contribution in [0.2, 0.25) is 0 Å². The van der Waals surface area contributed by atoms with Crippen LogP contribution in [0.5, 0.6) is 0 Å². The second kappa shape index (κ2) is 11.6. The van der Waals surface area contributed by atoms with Crippen molar-refractivity contribution >= 4 is 5.96 Å². The van der Waals surface area contributed by atoms with Gasteiger partial charge in [0.05, 0.1) is 12.2 Å². The first-order valence-corrected chi connectivity index (χ1v) is 10.8. The SMILES string of the molecule is CCNC(=NCc1c(C)nn(C)c1C)NCC(Cc1ccccc1)N(CC)CC. The monoisotopic (exact) mass is 398 g/mol. The molecule has 1 unspecified atom stereocenters. The fourth-order valence-electron chi connectivity index (χ4n) is 3.72. The normalized spacial score (nSPS) is 13.0. The van der Waals surface area contributed by atoms with Crippen LogP contribution in [-0.2, 0) is 20.0 Å². The van der Waals surface area contributed by atoms with Crippen molar-refractivity contribution in [2.24, 2.45) is 12.0 Å². The Labute approximate surface area is 176 Å². The largest absolute Gasteiger partial charge is 0.357 e. The molecule has 0 bridgehead atoms. The van der Waals surface area contributed by atoms with E-state index in [9.17, 15) is 0 Å². The van der Waals surface area contributed by atoms with Crippen LogP contribution in [0.25, 0.3) is 0 Å². The molecule has 29 heavy (non-hydrogen) atoms. The Hall–Kier alpha value is -2.34. The maximum atomic E-state index is 4.83.